The number of methoxy groups -OCH3 is 1. The van der Waals surface area contributed by atoms with Gasteiger partial charge >= 0.3 is 6.09 Å². The normalized spacial score (nSPS) is 18.7. The third kappa shape index (κ3) is 3.06. The maximum absolute atomic E-state index is 13.1. The molecule has 0 atom stereocenters. The van der Waals surface area contributed by atoms with Crippen molar-refractivity contribution in [1.82, 2.24) is 5.32 Å². The topological polar surface area (TPSA) is 77.1 Å². The smallest absolute Gasteiger partial charge is 0.406 e. The van der Waals surface area contributed by atoms with Crippen LogP contribution < -0.4 is 20.4 Å². The molecule has 0 radical (unpaired) electrons. The Morgan fingerprint density at radius 1 is 1.42 bits per heavy atom. The van der Waals surface area contributed by atoms with Crippen LogP contribution in [-0.2, 0) is 14.3 Å². The summed E-state index contributed by atoms with van der Waals surface area (Å²) in [5.74, 6) is 0.621. The van der Waals surface area contributed by atoms with Gasteiger partial charge in [0.1, 0.15) is 13.6 Å². The van der Waals surface area contributed by atoms with Crippen molar-refractivity contribution in [3.05, 3.63) is 18.2 Å². The van der Waals surface area contributed by atoms with Crippen molar-refractivity contribution in [2.24, 2.45) is 0 Å². The number of amides is 2. The minimum atomic E-state index is -0.869. The molecule has 24 heavy (non-hydrogen) atoms. The zero-order valence-corrected chi connectivity index (χ0v) is 14.0. The first-order valence-electron chi connectivity index (χ1n) is 8.07. The van der Waals surface area contributed by atoms with Crippen molar-refractivity contribution < 1.29 is 23.8 Å². The standard InChI is InChI=1S/C16H21BN2O5/c1-22-15(21)18-6-7-19-12-10-11(17)2-3-13(12)24-16(14(19)20)4-8-23-9-5-16/h2-3,10H,4-9,17H2,1H3,(H,18,21). The molecule has 2 amide bonds. The summed E-state index contributed by atoms with van der Waals surface area (Å²) in [5.41, 5.74) is 0.911. The molecular weight excluding hydrogens is 311 g/mol. The van der Waals surface area contributed by atoms with Crippen molar-refractivity contribution in [3.8, 4) is 5.75 Å². The summed E-state index contributed by atoms with van der Waals surface area (Å²) in [6.45, 7) is 1.66. The maximum atomic E-state index is 13.1. The molecule has 0 unspecified atom stereocenters. The molecule has 128 valence electrons. The molecule has 1 aromatic rings. The van der Waals surface area contributed by atoms with E-state index in [2.05, 4.69) is 10.1 Å². The van der Waals surface area contributed by atoms with Crippen LogP contribution in [0.25, 0.3) is 0 Å². The molecule has 7 nitrogen and oxygen atoms in total. The number of carbonyl (C=O) groups is 2. The van der Waals surface area contributed by atoms with Crippen molar-refractivity contribution >= 4 is 31.0 Å². The second kappa shape index (κ2) is 6.72. The molecule has 2 aliphatic rings. The largest absolute Gasteiger partial charge is 0.475 e. The zero-order valence-electron chi connectivity index (χ0n) is 14.0. The third-order valence-electron chi connectivity index (χ3n) is 4.44. The third-order valence-corrected chi connectivity index (χ3v) is 4.44. The van der Waals surface area contributed by atoms with Gasteiger partial charge in [-0.3, -0.25) is 4.79 Å². The molecule has 1 spiro atoms. The summed E-state index contributed by atoms with van der Waals surface area (Å²) in [7, 11) is 3.28. The highest BCUT2D eigenvalue weighted by Crippen LogP contribution is 2.40. The molecule has 0 aromatic heterocycles. The quantitative estimate of drug-likeness (QED) is 0.761. The summed E-state index contributed by atoms with van der Waals surface area (Å²) >= 11 is 0. The van der Waals surface area contributed by atoms with E-state index >= 15 is 0 Å². The first kappa shape index (κ1) is 16.6. The SMILES string of the molecule is Bc1ccc2c(c1)N(CCNC(=O)OC)C(=O)C1(CCOCC1)O2. The molecule has 1 aromatic carbocycles. The predicted octanol–water partition coefficient (Wildman–Crippen LogP) is -0.424. The van der Waals surface area contributed by atoms with Crippen molar-refractivity contribution in [2.75, 3.05) is 38.3 Å². The van der Waals surface area contributed by atoms with Gasteiger partial charge in [-0.2, -0.15) is 0 Å². The minimum absolute atomic E-state index is 0.0736. The number of carbonyl (C=O) groups excluding carboxylic acids is 2. The minimum Gasteiger partial charge on any atom is -0.475 e. The molecule has 2 heterocycles. The Bertz CT molecular complexity index is 645. The van der Waals surface area contributed by atoms with Gasteiger partial charge in [-0.1, -0.05) is 11.5 Å². The lowest BCUT2D eigenvalue weighted by Crippen LogP contribution is -2.59. The van der Waals surface area contributed by atoms with E-state index in [1.54, 1.807) is 4.90 Å². The van der Waals surface area contributed by atoms with Crippen LogP contribution in [0.1, 0.15) is 12.8 Å². The number of benzene rings is 1. The van der Waals surface area contributed by atoms with Gasteiger partial charge in [-0.15, -0.1) is 0 Å². The summed E-state index contributed by atoms with van der Waals surface area (Å²) in [6.07, 6.45) is 0.543. The van der Waals surface area contributed by atoms with E-state index in [1.807, 2.05) is 26.0 Å². The van der Waals surface area contributed by atoms with Crippen LogP contribution >= 0.6 is 0 Å². The lowest BCUT2D eigenvalue weighted by Gasteiger charge is -2.44. The molecular formula is C16H21BN2O5. The summed E-state index contributed by atoms with van der Waals surface area (Å²) in [6, 6.07) is 5.79. The molecule has 8 heteroatoms. The maximum Gasteiger partial charge on any atom is 0.406 e. The lowest BCUT2D eigenvalue weighted by molar-refractivity contribution is -0.144. The van der Waals surface area contributed by atoms with Gasteiger partial charge in [0.05, 0.1) is 26.0 Å². The van der Waals surface area contributed by atoms with Crippen molar-refractivity contribution in [3.63, 3.8) is 0 Å². The van der Waals surface area contributed by atoms with E-state index in [0.717, 1.165) is 11.2 Å². The Balaban J connectivity index is 1.87. The number of fused-ring (bicyclic) bond motifs is 1. The predicted molar refractivity (Wildman–Crippen MR) is 90.8 cm³/mol. The van der Waals surface area contributed by atoms with Crippen LogP contribution in [0.15, 0.2) is 18.2 Å². The van der Waals surface area contributed by atoms with Crippen LogP contribution in [0.2, 0.25) is 0 Å². The van der Waals surface area contributed by atoms with E-state index in [-0.39, 0.29) is 5.91 Å². The Labute approximate surface area is 141 Å². The van der Waals surface area contributed by atoms with E-state index < -0.39 is 11.7 Å². The number of nitrogens with zero attached hydrogens (tertiary/aromatic N) is 1. The average Bonchev–Trinajstić information content (AvgIpc) is 2.59. The molecule has 1 N–H and O–H groups in total. The average molecular weight is 332 g/mol. The molecule has 2 aliphatic heterocycles. The lowest BCUT2D eigenvalue weighted by atomic mass is 9.88. The van der Waals surface area contributed by atoms with Crippen LogP contribution in [0.3, 0.4) is 0 Å². The van der Waals surface area contributed by atoms with Gasteiger partial charge in [0.2, 0.25) is 0 Å². The van der Waals surface area contributed by atoms with E-state index in [9.17, 15) is 9.59 Å². The van der Waals surface area contributed by atoms with Crippen molar-refractivity contribution in [1.29, 1.82) is 0 Å². The van der Waals surface area contributed by atoms with E-state index in [1.165, 1.54) is 7.11 Å². The number of rotatable bonds is 3. The second-order valence-corrected chi connectivity index (χ2v) is 6.06. The molecule has 0 bridgehead atoms. The van der Waals surface area contributed by atoms with Crippen LogP contribution in [0.4, 0.5) is 10.5 Å². The van der Waals surface area contributed by atoms with Gasteiger partial charge in [-0.25, -0.2) is 4.79 Å². The van der Waals surface area contributed by atoms with Gasteiger partial charge in [0, 0.05) is 25.9 Å². The number of anilines is 1. The van der Waals surface area contributed by atoms with E-state index in [4.69, 9.17) is 9.47 Å². The molecule has 1 fully saturated rings. The number of ether oxygens (including phenoxy) is 3. The fourth-order valence-electron chi connectivity index (χ4n) is 3.12. The monoisotopic (exact) mass is 332 g/mol. The van der Waals surface area contributed by atoms with Gasteiger partial charge in [0.15, 0.2) is 5.60 Å². The fourth-order valence-corrected chi connectivity index (χ4v) is 3.12. The fraction of sp³-hybridized carbons (Fsp3) is 0.500. The first-order valence-corrected chi connectivity index (χ1v) is 8.07. The Morgan fingerprint density at radius 3 is 2.88 bits per heavy atom. The Kier molecular flexibility index (Phi) is 4.66. The van der Waals surface area contributed by atoms with Crippen LogP contribution in [0.5, 0.6) is 5.75 Å². The summed E-state index contributed by atoms with van der Waals surface area (Å²) in [4.78, 5) is 26.1. The highest BCUT2D eigenvalue weighted by molar-refractivity contribution is 6.32. The highest BCUT2D eigenvalue weighted by atomic mass is 16.5. The van der Waals surface area contributed by atoms with Crippen LogP contribution in [0, 0.1) is 0 Å². The summed E-state index contributed by atoms with van der Waals surface area (Å²) < 4.78 is 16.1. The number of nitrogens with one attached hydrogen (secondary N) is 1. The molecule has 0 aliphatic carbocycles. The highest BCUT2D eigenvalue weighted by Gasteiger charge is 2.49. The first-order chi connectivity index (χ1) is 11.6. The van der Waals surface area contributed by atoms with Gasteiger partial charge < -0.3 is 24.4 Å². The van der Waals surface area contributed by atoms with Crippen molar-refractivity contribution in [2.45, 2.75) is 18.4 Å². The Hall–Kier alpha value is -2.22. The zero-order chi connectivity index (χ0) is 17.2. The summed E-state index contributed by atoms with van der Waals surface area (Å²) in [5, 5.41) is 2.62. The van der Waals surface area contributed by atoms with E-state index in [0.29, 0.717) is 44.9 Å². The molecule has 0 saturated carbocycles. The number of alkyl carbamates (subject to hydrolysis) is 1. The number of hydrogen-bond acceptors (Lipinski definition) is 5. The number of hydrogen-bond donors (Lipinski definition) is 1. The molecule has 3 rings (SSSR count). The second-order valence-electron chi connectivity index (χ2n) is 6.06. The van der Waals surface area contributed by atoms with Gasteiger partial charge in [-0.05, 0) is 12.1 Å². The Morgan fingerprint density at radius 2 is 2.17 bits per heavy atom. The van der Waals surface area contributed by atoms with Crippen LogP contribution in [-0.4, -0.2) is 58.9 Å². The molecule has 1 saturated heterocycles. The van der Waals surface area contributed by atoms with Gasteiger partial charge in [0.25, 0.3) is 5.91 Å².